The van der Waals surface area contributed by atoms with Gasteiger partial charge in [-0.15, -0.1) is 11.3 Å². The molecule has 2 rings (SSSR count). The summed E-state index contributed by atoms with van der Waals surface area (Å²) >= 11 is 5.00. The predicted molar refractivity (Wildman–Crippen MR) is 90.6 cm³/mol. The Morgan fingerprint density at radius 3 is 2.95 bits per heavy atom. The van der Waals surface area contributed by atoms with Gasteiger partial charge in [0.25, 0.3) is 0 Å². The van der Waals surface area contributed by atoms with Gasteiger partial charge in [0.1, 0.15) is 0 Å². The van der Waals surface area contributed by atoms with Gasteiger partial charge in [0, 0.05) is 34.4 Å². The molecule has 2 aromatic rings. The molecule has 1 unspecified atom stereocenters. The van der Waals surface area contributed by atoms with Crippen molar-refractivity contribution in [3.05, 3.63) is 44.9 Å². The number of aromatic nitrogens is 1. The molecular weight excluding hydrogens is 350 g/mol. The SMILES string of the molecule is Cc1cc(Cc2cnc(NC(=O)C(C)CN)s2)ccc1Br. The number of nitrogens with one attached hydrogen (secondary N) is 1. The van der Waals surface area contributed by atoms with Crippen LogP contribution in [-0.2, 0) is 11.2 Å². The fraction of sp³-hybridized carbons (Fsp3) is 0.333. The number of hydrogen-bond acceptors (Lipinski definition) is 4. The van der Waals surface area contributed by atoms with Crippen molar-refractivity contribution in [1.82, 2.24) is 4.98 Å². The number of benzene rings is 1. The Bertz CT molecular complexity index is 642. The standard InChI is InChI=1S/C15H18BrN3OS/c1-9-5-11(3-4-13(9)16)6-12-8-18-15(21-12)19-14(20)10(2)7-17/h3-5,8,10H,6-7,17H2,1-2H3,(H,18,19,20). The first kappa shape index (κ1) is 16.1. The van der Waals surface area contributed by atoms with Crippen LogP contribution in [0.3, 0.4) is 0 Å². The highest BCUT2D eigenvalue weighted by atomic mass is 79.9. The van der Waals surface area contributed by atoms with Gasteiger partial charge in [-0.1, -0.05) is 35.0 Å². The molecule has 4 nitrogen and oxygen atoms in total. The Morgan fingerprint density at radius 2 is 2.29 bits per heavy atom. The van der Waals surface area contributed by atoms with Gasteiger partial charge in [-0.2, -0.15) is 0 Å². The molecule has 1 atom stereocenters. The first-order valence-corrected chi connectivity index (χ1v) is 8.31. The molecule has 1 aromatic heterocycles. The van der Waals surface area contributed by atoms with Crippen LogP contribution in [0.1, 0.15) is 22.9 Å². The summed E-state index contributed by atoms with van der Waals surface area (Å²) in [6.45, 7) is 4.21. The minimum absolute atomic E-state index is 0.0853. The molecule has 6 heteroatoms. The molecule has 0 saturated heterocycles. The Morgan fingerprint density at radius 1 is 1.52 bits per heavy atom. The molecule has 0 radical (unpaired) electrons. The Balaban J connectivity index is 2.03. The maximum atomic E-state index is 11.8. The number of nitrogens with two attached hydrogens (primary N) is 1. The summed E-state index contributed by atoms with van der Waals surface area (Å²) in [6.07, 6.45) is 2.62. The number of anilines is 1. The zero-order valence-corrected chi connectivity index (χ0v) is 14.4. The summed E-state index contributed by atoms with van der Waals surface area (Å²) in [7, 11) is 0. The molecule has 3 N–H and O–H groups in total. The van der Waals surface area contributed by atoms with Gasteiger partial charge in [0.2, 0.25) is 5.91 Å². The first-order valence-electron chi connectivity index (χ1n) is 6.70. The molecule has 0 aliphatic rings. The summed E-state index contributed by atoms with van der Waals surface area (Å²) in [5.74, 6) is -0.288. The highest BCUT2D eigenvalue weighted by molar-refractivity contribution is 9.10. The van der Waals surface area contributed by atoms with E-state index < -0.39 is 0 Å². The summed E-state index contributed by atoms with van der Waals surface area (Å²) < 4.78 is 1.11. The molecule has 1 aromatic carbocycles. The summed E-state index contributed by atoms with van der Waals surface area (Å²) in [5, 5.41) is 3.43. The van der Waals surface area contributed by atoms with Crippen molar-refractivity contribution in [3.8, 4) is 0 Å². The Labute approximate surface area is 136 Å². The van der Waals surface area contributed by atoms with E-state index in [1.54, 1.807) is 6.92 Å². The first-order chi connectivity index (χ1) is 9.99. The second-order valence-corrected chi connectivity index (χ2v) is 6.99. The van der Waals surface area contributed by atoms with Crippen molar-refractivity contribution < 1.29 is 4.79 Å². The third kappa shape index (κ3) is 4.36. The average molecular weight is 368 g/mol. The summed E-state index contributed by atoms with van der Waals surface area (Å²) in [5.41, 5.74) is 7.92. The van der Waals surface area contributed by atoms with Crippen LogP contribution in [0.4, 0.5) is 5.13 Å². The molecule has 0 aliphatic heterocycles. The number of carbonyl (C=O) groups excluding carboxylic acids is 1. The lowest BCUT2D eigenvalue weighted by Crippen LogP contribution is -2.26. The number of hydrogen-bond donors (Lipinski definition) is 2. The van der Waals surface area contributed by atoms with Crippen LogP contribution in [0, 0.1) is 12.8 Å². The number of amides is 1. The molecule has 0 aliphatic carbocycles. The van der Waals surface area contributed by atoms with Crippen LogP contribution in [0.2, 0.25) is 0 Å². The maximum Gasteiger partial charge on any atom is 0.230 e. The smallest absolute Gasteiger partial charge is 0.230 e. The fourth-order valence-electron chi connectivity index (χ4n) is 1.80. The lowest BCUT2D eigenvalue weighted by molar-refractivity contribution is -0.119. The van der Waals surface area contributed by atoms with Crippen LogP contribution >= 0.6 is 27.3 Å². The number of rotatable bonds is 5. The zero-order chi connectivity index (χ0) is 15.4. The molecule has 0 spiro atoms. The van der Waals surface area contributed by atoms with Gasteiger partial charge >= 0.3 is 0 Å². The van der Waals surface area contributed by atoms with Crippen molar-refractivity contribution in [2.24, 2.45) is 11.7 Å². The highest BCUT2D eigenvalue weighted by Gasteiger charge is 2.13. The van der Waals surface area contributed by atoms with Crippen molar-refractivity contribution in [3.63, 3.8) is 0 Å². The lowest BCUT2D eigenvalue weighted by Gasteiger charge is -2.06. The maximum absolute atomic E-state index is 11.8. The normalized spacial score (nSPS) is 12.2. The second-order valence-electron chi connectivity index (χ2n) is 5.02. The molecule has 1 heterocycles. The fourth-order valence-corrected chi connectivity index (χ4v) is 2.90. The van der Waals surface area contributed by atoms with E-state index in [1.165, 1.54) is 22.5 Å². The zero-order valence-electron chi connectivity index (χ0n) is 12.0. The van der Waals surface area contributed by atoms with Gasteiger partial charge in [-0.05, 0) is 24.1 Å². The largest absolute Gasteiger partial charge is 0.330 e. The van der Waals surface area contributed by atoms with Gasteiger partial charge in [0.05, 0.1) is 0 Å². The number of thiazole rings is 1. The van der Waals surface area contributed by atoms with E-state index in [0.29, 0.717) is 11.7 Å². The van der Waals surface area contributed by atoms with Crippen molar-refractivity contribution in [2.45, 2.75) is 20.3 Å². The van der Waals surface area contributed by atoms with Crippen molar-refractivity contribution >= 4 is 38.3 Å². The van der Waals surface area contributed by atoms with Crippen molar-refractivity contribution in [1.29, 1.82) is 0 Å². The topological polar surface area (TPSA) is 68.0 Å². The lowest BCUT2D eigenvalue weighted by atomic mass is 10.1. The molecule has 21 heavy (non-hydrogen) atoms. The predicted octanol–water partition coefficient (Wildman–Crippen LogP) is 3.34. The van der Waals surface area contributed by atoms with Crippen LogP contribution < -0.4 is 11.1 Å². The van der Waals surface area contributed by atoms with Gasteiger partial charge in [-0.3, -0.25) is 4.79 Å². The number of aryl methyl sites for hydroxylation is 1. The summed E-state index contributed by atoms with van der Waals surface area (Å²) in [4.78, 5) is 17.1. The number of nitrogens with zero attached hydrogens (tertiary/aromatic N) is 1. The minimum Gasteiger partial charge on any atom is -0.330 e. The Kier molecular flexibility index (Phi) is 5.50. The van der Waals surface area contributed by atoms with Crippen LogP contribution in [0.5, 0.6) is 0 Å². The molecule has 0 bridgehead atoms. The van der Waals surface area contributed by atoms with Crippen LogP contribution in [-0.4, -0.2) is 17.4 Å². The minimum atomic E-state index is -0.202. The highest BCUT2D eigenvalue weighted by Crippen LogP contribution is 2.24. The number of carbonyl (C=O) groups is 1. The molecule has 1 amide bonds. The van der Waals surface area contributed by atoms with E-state index in [2.05, 4.69) is 51.4 Å². The second kappa shape index (κ2) is 7.15. The van der Waals surface area contributed by atoms with Gasteiger partial charge in [0.15, 0.2) is 5.13 Å². The summed E-state index contributed by atoms with van der Waals surface area (Å²) in [6, 6.07) is 6.29. The Hall–Kier alpha value is -1.24. The number of halogens is 1. The van der Waals surface area contributed by atoms with Crippen LogP contribution in [0.15, 0.2) is 28.9 Å². The van der Waals surface area contributed by atoms with Crippen molar-refractivity contribution in [2.75, 3.05) is 11.9 Å². The van der Waals surface area contributed by atoms with Gasteiger partial charge in [-0.25, -0.2) is 4.98 Å². The van der Waals surface area contributed by atoms with E-state index in [4.69, 9.17) is 5.73 Å². The van der Waals surface area contributed by atoms with E-state index in [9.17, 15) is 4.79 Å². The van der Waals surface area contributed by atoms with E-state index >= 15 is 0 Å². The van der Waals surface area contributed by atoms with Crippen LogP contribution in [0.25, 0.3) is 0 Å². The average Bonchev–Trinajstić information content (AvgIpc) is 2.89. The van der Waals surface area contributed by atoms with E-state index in [-0.39, 0.29) is 11.8 Å². The third-order valence-electron chi connectivity index (χ3n) is 3.19. The monoisotopic (exact) mass is 367 g/mol. The molecule has 0 fully saturated rings. The third-order valence-corrected chi connectivity index (χ3v) is 4.99. The van der Waals surface area contributed by atoms with Gasteiger partial charge < -0.3 is 11.1 Å². The molecule has 0 saturated carbocycles. The van der Waals surface area contributed by atoms with E-state index in [1.807, 2.05) is 6.20 Å². The molecule has 112 valence electrons. The molecular formula is C15H18BrN3OS. The van der Waals surface area contributed by atoms with E-state index in [0.717, 1.165) is 15.8 Å². The quantitative estimate of drug-likeness (QED) is 0.851.